The molecule has 0 spiro atoms. The summed E-state index contributed by atoms with van der Waals surface area (Å²) in [7, 11) is 2.90. The average Bonchev–Trinajstić information content (AvgIpc) is 3.52. The van der Waals surface area contributed by atoms with E-state index in [9.17, 15) is 9.59 Å². The number of Topliss-reactive ketones (excluding diaryl/α,β-unsaturated/α-hetero) is 1. The highest BCUT2D eigenvalue weighted by molar-refractivity contribution is 5.88. The van der Waals surface area contributed by atoms with Gasteiger partial charge in [-0.15, -0.1) is 12.4 Å². The summed E-state index contributed by atoms with van der Waals surface area (Å²) in [6.45, 7) is 15.9. The smallest absolute Gasteiger partial charge is 0.320 e. The number of H-pyrrole nitrogens is 3. The first-order valence-electron chi connectivity index (χ1n) is 14.6. The van der Waals surface area contributed by atoms with Crippen molar-refractivity contribution in [2.45, 2.75) is 62.3 Å². The number of halogens is 1. The molecule has 3 rings (SSSR count). The molecule has 0 aliphatic heterocycles. The Hall–Kier alpha value is -4.79. The van der Waals surface area contributed by atoms with Gasteiger partial charge in [-0.05, 0) is 62.3 Å². The fourth-order valence-electron chi connectivity index (χ4n) is 1.75. The zero-order valence-electron chi connectivity index (χ0n) is 31.7. The summed E-state index contributed by atoms with van der Waals surface area (Å²) < 4.78 is 27.2. The fraction of sp³-hybridized carbons (Fsp3) is 0.500. The molecule has 0 saturated heterocycles. The zero-order chi connectivity index (χ0) is 38.7. The van der Waals surface area contributed by atoms with Crippen molar-refractivity contribution in [2.24, 2.45) is 22.6 Å². The number of isocyanates is 1. The molecule has 0 aliphatic carbocycles. The van der Waals surface area contributed by atoms with Crippen LogP contribution >= 0.6 is 12.4 Å². The Morgan fingerprint density at radius 3 is 1.49 bits per heavy atom. The number of aryl methyl sites for hydroxylation is 3. The Morgan fingerprint density at radius 1 is 1.02 bits per heavy atom. The second-order valence-corrected chi connectivity index (χ2v) is 8.15. The molecule has 0 bridgehead atoms. The first-order chi connectivity index (χ1) is 22.2. The van der Waals surface area contributed by atoms with Gasteiger partial charge in [0.15, 0.2) is 4.24 Å². The van der Waals surface area contributed by atoms with Gasteiger partial charge in [0.2, 0.25) is 6.08 Å². The predicted octanol–water partition coefficient (Wildman–Crippen LogP) is 1.92. The predicted molar refractivity (Wildman–Crippen MR) is 179 cm³/mol. The Labute approximate surface area is 276 Å². The van der Waals surface area contributed by atoms with E-state index in [1.807, 2.05) is 33.8 Å². The highest BCUT2D eigenvalue weighted by Gasteiger charge is 2.06. The first kappa shape index (κ1) is 40.2. The number of aliphatic hydroxyl groups excluding tert-OH is 1. The monoisotopic (exact) mass is 662 g/mol. The number of hydrogen-bond donors (Lipinski definition) is 10. The van der Waals surface area contributed by atoms with Crippen LogP contribution in [0.2, 0.25) is 5.65 Å². The Bertz CT molecular complexity index is 1370. The summed E-state index contributed by atoms with van der Waals surface area (Å²) in [4.78, 5) is 32.9. The molecule has 1 unspecified atom stereocenters. The van der Waals surface area contributed by atoms with Crippen molar-refractivity contribution in [2.75, 3.05) is 37.5 Å². The zero-order valence-corrected chi connectivity index (χ0v) is 28.5. The quantitative estimate of drug-likeness (QED) is 0.0814. The molecule has 19 heteroatoms. The van der Waals surface area contributed by atoms with Gasteiger partial charge in [0, 0.05) is 37.4 Å². The molecule has 256 valence electrons. The normalized spacial score (nSPS) is 10.0. The number of aliphatic hydroxyl groups is 1. The van der Waals surface area contributed by atoms with Crippen molar-refractivity contribution in [1.82, 2.24) is 35.9 Å². The van der Waals surface area contributed by atoms with Gasteiger partial charge in [0.1, 0.15) is 30.6 Å². The molecule has 14 N–H and O–H groups in total. The summed E-state index contributed by atoms with van der Waals surface area (Å²) >= 11 is 0. The number of ketones is 1. The molecule has 45 heavy (non-hydrogen) atoms. The number of aromatic amines is 3. The van der Waals surface area contributed by atoms with Gasteiger partial charge < -0.3 is 21.9 Å². The van der Waals surface area contributed by atoms with Crippen molar-refractivity contribution in [3.8, 4) is 6.07 Å². The van der Waals surface area contributed by atoms with Crippen LogP contribution in [-0.4, -0.2) is 74.3 Å². The van der Waals surface area contributed by atoms with Crippen molar-refractivity contribution in [3.63, 3.8) is 0 Å². The van der Waals surface area contributed by atoms with E-state index in [0.29, 0.717) is 17.5 Å². The number of amides is 2. The number of aromatic nitrogens is 6. The second kappa shape index (κ2) is 30.7. The molecule has 3 heterocycles. The molecule has 2 amide bonds. The van der Waals surface area contributed by atoms with Gasteiger partial charge in [0.05, 0.1) is 23.2 Å². The highest BCUT2D eigenvalue weighted by atomic mass is 35.5. The number of nitrogens with zero attached hydrogens (tertiary/aromatic N) is 5. The number of nitrogens with one attached hydrogen (secondary N) is 5. The standard InChI is InChI=1S/C7H12N4O.2C5H9N3.C5H7NO.C2H3NO.C2H6O.ClH.H4N2/c1-4-5(2)10-11-6(4)9-7(12)8-3;2*1-3-4(2)7-8-5(3)6;1-4(3-6)5(2)7;1-3-2-4;1-2-3;;1-2/h1-3H3,(H3,8,9,10,11,12);2*1-2H3,(H3,6,7,8);4H,1-2H3;1H3;3H,2H2,1H3;1H;1-2H2/i/hD4. The Kier molecular flexibility index (Phi) is 27.4. The lowest BCUT2D eigenvalue weighted by atomic mass is 10.1. The van der Waals surface area contributed by atoms with Crippen molar-refractivity contribution < 1.29 is 25.1 Å². The molecule has 0 radical (unpaired) electrons. The van der Waals surface area contributed by atoms with Crippen LogP contribution in [0.1, 0.15) is 54.5 Å². The SMILES string of the molecule is CC(=O)C(C)C#N.CCO.CN=C=O.Cl.[2H]NN.[2H]n1nc(C)c(C)c1N.[2H]n1nc(C)c(C)c1N.[2H]n1nc(C)c(C)c1NC(=O)NC. The van der Waals surface area contributed by atoms with E-state index >= 15 is 0 Å². The molecular formula is C26H51ClN14O4. The lowest BCUT2D eigenvalue weighted by Gasteiger charge is -2.01. The van der Waals surface area contributed by atoms with Crippen LogP contribution < -0.4 is 33.8 Å². The summed E-state index contributed by atoms with van der Waals surface area (Å²) in [5.74, 6) is 6.51. The molecule has 0 saturated carbocycles. The maximum Gasteiger partial charge on any atom is 0.320 e. The summed E-state index contributed by atoms with van der Waals surface area (Å²) in [6, 6.07) is 1.46. The molecule has 3 aromatic rings. The van der Waals surface area contributed by atoms with Crippen molar-refractivity contribution in [1.29, 1.82) is 5.26 Å². The van der Waals surface area contributed by atoms with Crippen LogP contribution in [0, 0.1) is 58.8 Å². The highest BCUT2D eigenvalue weighted by Crippen LogP contribution is 2.13. The number of nitrogens with two attached hydrogens (primary N) is 4. The number of hydrogen-bond acceptors (Lipinski definition) is 13. The summed E-state index contributed by atoms with van der Waals surface area (Å²) in [5.41, 5.74) is 15.8. The third kappa shape index (κ3) is 24.4. The van der Waals surface area contributed by atoms with Crippen LogP contribution in [0.15, 0.2) is 4.99 Å². The van der Waals surface area contributed by atoms with Gasteiger partial charge in [-0.2, -0.15) is 20.6 Å². The third-order valence-electron chi connectivity index (χ3n) is 5.02. The van der Waals surface area contributed by atoms with Crippen LogP contribution in [-0.2, 0) is 9.59 Å². The van der Waals surface area contributed by atoms with E-state index in [2.05, 4.69) is 36.8 Å². The van der Waals surface area contributed by atoms with Gasteiger partial charge in [-0.1, -0.05) is 0 Å². The lowest BCUT2D eigenvalue weighted by molar-refractivity contribution is -0.118. The lowest BCUT2D eigenvalue weighted by Crippen LogP contribution is -2.24. The number of nitrogen functional groups attached to an aromatic ring is 2. The van der Waals surface area contributed by atoms with Gasteiger partial charge in [-0.25, -0.2) is 14.6 Å². The van der Waals surface area contributed by atoms with E-state index in [4.69, 9.17) is 32.3 Å². The fourth-order valence-corrected chi connectivity index (χ4v) is 1.75. The summed E-state index contributed by atoms with van der Waals surface area (Å²) in [5, 5.41) is 34.7. The number of hydrazine groups is 1. The number of aliphatic imine (C=N–C) groups is 1. The number of rotatable bonds is 2. The maximum absolute atomic E-state index is 10.9. The van der Waals surface area contributed by atoms with E-state index in [1.54, 1.807) is 27.7 Å². The minimum Gasteiger partial charge on any atom is -0.397 e. The van der Waals surface area contributed by atoms with E-state index in [-0.39, 0.29) is 30.8 Å². The third-order valence-corrected chi connectivity index (χ3v) is 5.02. The number of anilines is 3. The molecule has 1 atom stereocenters. The number of nitriles is 1. The molecule has 0 aromatic carbocycles. The molecular weight excluding hydrogens is 608 g/mol. The molecule has 0 fully saturated rings. The van der Waals surface area contributed by atoms with Crippen molar-refractivity contribution in [3.05, 3.63) is 33.8 Å². The number of urea groups is 1. The minimum atomic E-state index is -0.431. The van der Waals surface area contributed by atoms with Crippen molar-refractivity contribution >= 4 is 47.8 Å². The maximum atomic E-state index is 10.9. The first-order valence-corrected chi connectivity index (χ1v) is 12.7. The molecule has 18 nitrogen and oxygen atoms in total. The second-order valence-electron chi connectivity index (χ2n) is 8.15. The molecule has 0 aliphatic rings. The van der Waals surface area contributed by atoms with Crippen LogP contribution in [0.25, 0.3) is 0 Å². The molecule has 3 aromatic heterocycles. The Morgan fingerprint density at radius 2 is 1.36 bits per heavy atom. The summed E-state index contributed by atoms with van der Waals surface area (Å²) in [6.07, 6.45) is 1.31. The number of carbonyl (C=O) groups excluding carboxylic acids is 3. The van der Waals surface area contributed by atoms with E-state index < -0.39 is 5.92 Å². The van der Waals surface area contributed by atoms with E-state index in [0.717, 1.165) is 49.0 Å². The topological polar surface area (TPSA) is 322 Å². The van der Waals surface area contributed by atoms with Gasteiger partial charge in [0.25, 0.3) is 0 Å². The Balaban J connectivity index is -0.000000162. The minimum absolute atomic E-state index is 0. The van der Waals surface area contributed by atoms with Crippen LogP contribution in [0.3, 0.4) is 0 Å². The van der Waals surface area contributed by atoms with E-state index in [1.165, 1.54) is 32.9 Å². The largest absolute Gasteiger partial charge is 0.397 e. The van der Waals surface area contributed by atoms with Gasteiger partial charge >= 0.3 is 6.03 Å². The van der Waals surface area contributed by atoms with Crippen LogP contribution in [0.5, 0.6) is 0 Å². The average molecular weight is 663 g/mol. The van der Waals surface area contributed by atoms with Gasteiger partial charge in [-0.3, -0.25) is 37.1 Å². The number of carbonyl (C=O) groups is 2. The van der Waals surface area contributed by atoms with Crippen LogP contribution in [0.4, 0.5) is 22.2 Å².